The molecule has 0 atom stereocenters. The van der Waals surface area contributed by atoms with E-state index in [1.54, 1.807) is 26.2 Å². The fourth-order valence-electron chi connectivity index (χ4n) is 1.10. The van der Waals surface area contributed by atoms with Crippen LogP contribution < -0.4 is 5.32 Å². The number of hydrogen-bond acceptors (Lipinski definition) is 2. The summed E-state index contributed by atoms with van der Waals surface area (Å²) in [5.74, 6) is -0.422. The summed E-state index contributed by atoms with van der Waals surface area (Å²) in [6, 6.07) is 5.22. The first-order chi connectivity index (χ1) is 7.90. The van der Waals surface area contributed by atoms with Crippen LogP contribution in [0.2, 0.25) is 0 Å². The summed E-state index contributed by atoms with van der Waals surface area (Å²) in [5, 5.41) is 2.56. The Morgan fingerprint density at radius 2 is 1.71 bits per heavy atom. The topological polar surface area (TPSA) is 49.4 Å². The van der Waals surface area contributed by atoms with Crippen LogP contribution in [0.1, 0.15) is 10.4 Å². The van der Waals surface area contributed by atoms with Gasteiger partial charge in [-0.05, 0) is 18.2 Å². The highest BCUT2D eigenvalue weighted by Crippen LogP contribution is 2.19. The predicted molar refractivity (Wildman–Crippen MR) is 72.9 cm³/mol. The van der Waals surface area contributed by atoms with E-state index < -0.39 is 0 Å². The maximum absolute atomic E-state index is 11.8. The number of hydrogen-bond donors (Lipinski definition) is 1. The standard InChI is InChI=1S/C11H12Br2N2O2/c1-15(2)10(16)6-14-11(17)7-3-8(12)5-9(13)4-7/h3-5H,6H2,1-2H3,(H,14,17). The molecule has 2 amide bonds. The largest absolute Gasteiger partial charge is 0.347 e. The summed E-state index contributed by atoms with van der Waals surface area (Å²) in [5.41, 5.74) is 0.498. The van der Waals surface area contributed by atoms with E-state index in [2.05, 4.69) is 37.2 Å². The van der Waals surface area contributed by atoms with Crippen LogP contribution in [0, 0.1) is 0 Å². The molecule has 1 rings (SSSR count). The van der Waals surface area contributed by atoms with E-state index in [9.17, 15) is 9.59 Å². The van der Waals surface area contributed by atoms with E-state index in [-0.39, 0.29) is 18.4 Å². The molecule has 0 heterocycles. The van der Waals surface area contributed by atoms with Crippen molar-refractivity contribution >= 4 is 43.7 Å². The second kappa shape index (κ2) is 6.16. The van der Waals surface area contributed by atoms with Crippen LogP contribution >= 0.6 is 31.9 Å². The van der Waals surface area contributed by atoms with Gasteiger partial charge in [-0.1, -0.05) is 31.9 Å². The normalized spacial score (nSPS) is 9.88. The molecule has 4 nitrogen and oxygen atoms in total. The highest BCUT2D eigenvalue weighted by molar-refractivity contribution is 9.11. The number of nitrogens with one attached hydrogen (secondary N) is 1. The van der Waals surface area contributed by atoms with E-state index in [4.69, 9.17) is 0 Å². The Kier molecular flexibility index (Phi) is 5.14. The molecule has 0 bridgehead atoms. The lowest BCUT2D eigenvalue weighted by Crippen LogP contribution is -2.36. The quantitative estimate of drug-likeness (QED) is 0.893. The third-order valence-electron chi connectivity index (χ3n) is 2.02. The van der Waals surface area contributed by atoms with Crippen molar-refractivity contribution < 1.29 is 9.59 Å². The molecule has 17 heavy (non-hydrogen) atoms. The SMILES string of the molecule is CN(C)C(=O)CNC(=O)c1cc(Br)cc(Br)c1. The van der Waals surface area contributed by atoms with E-state index in [1.165, 1.54) is 4.90 Å². The Hall–Kier alpha value is -0.880. The maximum atomic E-state index is 11.8. The van der Waals surface area contributed by atoms with Gasteiger partial charge < -0.3 is 10.2 Å². The lowest BCUT2D eigenvalue weighted by atomic mass is 10.2. The van der Waals surface area contributed by atoms with Crippen molar-refractivity contribution in [3.05, 3.63) is 32.7 Å². The smallest absolute Gasteiger partial charge is 0.251 e. The van der Waals surface area contributed by atoms with Gasteiger partial charge in [-0.2, -0.15) is 0 Å². The van der Waals surface area contributed by atoms with Crippen LogP contribution in [-0.4, -0.2) is 37.4 Å². The van der Waals surface area contributed by atoms with Gasteiger partial charge >= 0.3 is 0 Å². The van der Waals surface area contributed by atoms with Gasteiger partial charge in [0.05, 0.1) is 6.54 Å². The molecule has 0 radical (unpaired) electrons. The number of halogens is 2. The Bertz CT molecular complexity index is 427. The molecule has 0 aliphatic heterocycles. The average Bonchev–Trinajstić information content (AvgIpc) is 2.23. The number of carbonyl (C=O) groups excluding carboxylic acids is 2. The first-order valence-corrected chi connectivity index (χ1v) is 6.43. The highest BCUT2D eigenvalue weighted by Gasteiger charge is 2.10. The van der Waals surface area contributed by atoms with Crippen LogP contribution in [0.5, 0.6) is 0 Å². The van der Waals surface area contributed by atoms with Crippen molar-refractivity contribution in [2.75, 3.05) is 20.6 Å². The van der Waals surface area contributed by atoms with Gasteiger partial charge in [-0.25, -0.2) is 0 Å². The summed E-state index contributed by atoms with van der Waals surface area (Å²) < 4.78 is 1.60. The number of benzene rings is 1. The molecular formula is C11H12Br2N2O2. The van der Waals surface area contributed by atoms with Gasteiger partial charge in [-0.15, -0.1) is 0 Å². The van der Waals surface area contributed by atoms with E-state index in [0.717, 1.165) is 8.95 Å². The van der Waals surface area contributed by atoms with Gasteiger partial charge in [0.2, 0.25) is 5.91 Å². The Balaban J connectivity index is 2.67. The minimum atomic E-state index is -0.276. The molecule has 92 valence electrons. The predicted octanol–water partition coefficient (Wildman–Crippen LogP) is 2.03. The summed E-state index contributed by atoms with van der Waals surface area (Å²) in [6.07, 6.45) is 0. The summed E-state index contributed by atoms with van der Waals surface area (Å²) in [4.78, 5) is 24.5. The van der Waals surface area contributed by atoms with Gasteiger partial charge in [0.25, 0.3) is 5.91 Å². The third-order valence-corrected chi connectivity index (χ3v) is 2.94. The van der Waals surface area contributed by atoms with Gasteiger partial charge in [0.1, 0.15) is 0 Å². The molecule has 6 heteroatoms. The molecule has 1 aromatic rings. The minimum Gasteiger partial charge on any atom is -0.347 e. The minimum absolute atomic E-state index is 0.00400. The number of nitrogens with zero attached hydrogens (tertiary/aromatic N) is 1. The molecule has 0 spiro atoms. The van der Waals surface area contributed by atoms with Crippen molar-refractivity contribution in [1.82, 2.24) is 10.2 Å². The van der Waals surface area contributed by atoms with Gasteiger partial charge in [0, 0.05) is 28.6 Å². The molecule has 0 unspecified atom stereocenters. The second-order valence-corrected chi connectivity index (χ2v) is 5.46. The maximum Gasteiger partial charge on any atom is 0.251 e. The zero-order valence-electron chi connectivity index (χ0n) is 9.46. The van der Waals surface area contributed by atoms with Crippen molar-refractivity contribution in [2.24, 2.45) is 0 Å². The molecular weight excluding hydrogens is 352 g/mol. The monoisotopic (exact) mass is 362 g/mol. The van der Waals surface area contributed by atoms with E-state index in [1.807, 2.05) is 6.07 Å². The summed E-state index contributed by atoms with van der Waals surface area (Å²) in [6.45, 7) is -0.00400. The first-order valence-electron chi connectivity index (χ1n) is 4.84. The lowest BCUT2D eigenvalue weighted by Gasteiger charge is -2.11. The van der Waals surface area contributed by atoms with Crippen LogP contribution in [0.15, 0.2) is 27.1 Å². The van der Waals surface area contributed by atoms with Crippen LogP contribution in [0.3, 0.4) is 0 Å². The highest BCUT2D eigenvalue weighted by atomic mass is 79.9. The molecule has 0 saturated heterocycles. The first kappa shape index (κ1) is 14.2. The molecule has 1 aromatic carbocycles. The molecule has 0 saturated carbocycles. The van der Waals surface area contributed by atoms with Crippen molar-refractivity contribution in [3.8, 4) is 0 Å². The molecule has 0 aliphatic rings. The lowest BCUT2D eigenvalue weighted by molar-refractivity contribution is -0.127. The van der Waals surface area contributed by atoms with Crippen molar-refractivity contribution in [1.29, 1.82) is 0 Å². The molecule has 0 aromatic heterocycles. The molecule has 0 aliphatic carbocycles. The van der Waals surface area contributed by atoms with Crippen molar-refractivity contribution in [3.63, 3.8) is 0 Å². The fourth-order valence-corrected chi connectivity index (χ4v) is 2.39. The number of rotatable bonds is 3. The van der Waals surface area contributed by atoms with Crippen LogP contribution in [-0.2, 0) is 4.79 Å². The Labute approximate surface area is 117 Å². The van der Waals surface area contributed by atoms with Gasteiger partial charge in [0.15, 0.2) is 0 Å². The second-order valence-electron chi connectivity index (χ2n) is 3.63. The Morgan fingerprint density at radius 3 is 2.18 bits per heavy atom. The Morgan fingerprint density at radius 1 is 1.18 bits per heavy atom. The molecule has 0 fully saturated rings. The van der Waals surface area contributed by atoms with Crippen LogP contribution in [0.25, 0.3) is 0 Å². The number of carbonyl (C=O) groups is 2. The average molecular weight is 364 g/mol. The zero-order chi connectivity index (χ0) is 13.0. The number of amides is 2. The zero-order valence-corrected chi connectivity index (χ0v) is 12.6. The van der Waals surface area contributed by atoms with Crippen molar-refractivity contribution in [2.45, 2.75) is 0 Å². The molecule has 1 N–H and O–H groups in total. The third kappa shape index (κ3) is 4.47. The number of likely N-dealkylation sites (N-methyl/N-ethyl adjacent to an activating group) is 1. The summed E-state index contributed by atoms with van der Waals surface area (Å²) >= 11 is 6.60. The van der Waals surface area contributed by atoms with E-state index in [0.29, 0.717) is 5.56 Å². The van der Waals surface area contributed by atoms with Gasteiger partial charge in [-0.3, -0.25) is 9.59 Å². The van der Waals surface area contributed by atoms with E-state index >= 15 is 0 Å². The summed E-state index contributed by atoms with van der Waals surface area (Å²) in [7, 11) is 3.29. The van der Waals surface area contributed by atoms with Crippen LogP contribution in [0.4, 0.5) is 0 Å². The fraction of sp³-hybridized carbons (Fsp3) is 0.273.